The highest BCUT2D eigenvalue weighted by Crippen LogP contribution is 2.33. The number of anilines is 2. The number of rotatable bonds is 5. The zero-order valence-corrected chi connectivity index (χ0v) is 17.4. The molecule has 2 amide bonds. The van der Waals surface area contributed by atoms with Crippen LogP contribution in [-0.4, -0.2) is 22.5 Å². The summed E-state index contributed by atoms with van der Waals surface area (Å²) < 4.78 is 28.0. The van der Waals surface area contributed by atoms with Gasteiger partial charge in [0.15, 0.2) is 5.92 Å². The van der Waals surface area contributed by atoms with Gasteiger partial charge in [0.2, 0.25) is 5.91 Å². The number of nitrogens with one attached hydrogen (secondary N) is 2. The second-order valence-corrected chi connectivity index (χ2v) is 7.68. The highest BCUT2D eigenvalue weighted by molar-refractivity contribution is 6.28. The van der Waals surface area contributed by atoms with E-state index in [0.717, 1.165) is 16.6 Å². The van der Waals surface area contributed by atoms with Gasteiger partial charge in [0.05, 0.1) is 11.4 Å². The van der Waals surface area contributed by atoms with Crippen LogP contribution in [0.1, 0.15) is 31.5 Å². The Morgan fingerprint density at radius 1 is 1.19 bits per heavy atom. The van der Waals surface area contributed by atoms with Crippen molar-refractivity contribution in [1.82, 2.24) is 4.98 Å². The summed E-state index contributed by atoms with van der Waals surface area (Å²) in [6.07, 6.45) is -0.350. The molecule has 0 saturated carbocycles. The maximum absolute atomic E-state index is 14.0. The van der Waals surface area contributed by atoms with Crippen molar-refractivity contribution in [3.05, 3.63) is 59.8 Å². The molecule has 4 rings (SSSR count). The number of fused-ring (bicyclic) bond motifs is 1. The van der Waals surface area contributed by atoms with E-state index < -0.39 is 23.7 Å². The lowest BCUT2D eigenvalue weighted by Gasteiger charge is -2.17. The fourth-order valence-electron chi connectivity index (χ4n) is 3.69. The number of alkyl halides is 2. The zero-order valence-electron chi connectivity index (χ0n) is 17.4. The van der Waals surface area contributed by atoms with Crippen LogP contribution in [0.25, 0.3) is 10.9 Å². The van der Waals surface area contributed by atoms with Gasteiger partial charge in [-0.1, -0.05) is 25.1 Å². The first-order chi connectivity index (χ1) is 14.7. The number of carbonyl (C=O) groups is 2. The molecule has 1 aliphatic rings. The fraction of sp³-hybridized carbons (Fsp3) is 0.261. The topological polar surface area (TPSA) is 77.6 Å². The number of hydrogen-bond acceptors (Lipinski definition) is 3. The van der Waals surface area contributed by atoms with E-state index in [-0.39, 0.29) is 17.7 Å². The summed E-state index contributed by atoms with van der Waals surface area (Å²) in [7, 11) is 0. The summed E-state index contributed by atoms with van der Waals surface area (Å²) in [6, 6.07) is 12.9. The standard InChI is InChI=1S/C23H22F2N4O2/c1-4-23(24,25)16-6-5-7-17(11-16)27-21(30)20-14(3)28-29(22(20)31)18-9-8-15-10-13(2)26-19(15)12-18/h5-12,20,26H,4H2,1-3H3,(H,27,30). The number of aromatic amines is 1. The summed E-state index contributed by atoms with van der Waals surface area (Å²) in [6.45, 7) is 4.93. The van der Waals surface area contributed by atoms with Crippen LogP contribution >= 0.6 is 0 Å². The van der Waals surface area contributed by atoms with Gasteiger partial charge in [-0.3, -0.25) is 9.59 Å². The van der Waals surface area contributed by atoms with E-state index in [1.165, 1.54) is 36.2 Å². The van der Waals surface area contributed by atoms with E-state index in [1.807, 2.05) is 19.1 Å². The van der Waals surface area contributed by atoms with Crippen molar-refractivity contribution in [2.45, 2.75) is 33.1 Å². The van der Waals surface area contributed by atoms with Gasteiger partial charge in [0.25, 0.3) is 11.8 Å². The zero-order chi connectivity index (χ0) is 22.3. The van der Waals surface area contributed by atoms with Gasteiger partial charge in [0, 0.05) is 28.9 Å². The van der Waals surface area contributed by atoms with Crippen LogP contribution in [0, 0.1) is 12.8 Å². The number of aromatic nitrogens is 1. The lowest BCUT2D eigenvalue weighted by atomic mass is 10.0. The van der Waals surface area contributed by atoms with Gasteiger partial charge < -0.3 is 10.3 Å². The Bertz CT molecular complexity index is 1220. The van der Waals surface area contributed by atoms with E-state index in [0.29, 0.717) is 11.4 Å². The molecule has 8 heteroatoms. The maximum Gasteiger partial charge on any atom is 0.273 e. The average Bonchev–Trinajstić information content (AvgIpc) is 3.25. The number of benzene rings is 2. The Kier molecular flexibility index (Phi) is 5.08. The third-order valence-electron chi connectivity index (χ3n) is 5.38. The summed E-state index contributed by atoms with van der Waals surface area (Å²) in [5, 5.41) is 9.06. The third kappa shape index (κ3) is 3.81. The van der Waals surface area contributed by atoms with Crippen LogP contribution in [0.4, 0.5) is 20.2 Å². The van der Waals surface area contributed by atoms with Gasteiger partial charge in [-0.2, -0.15) is 10.1 Å². The number of nitrogens with zero attached hydrogens (tertiary/aromatic N) is 2. The average molecular weight is 424 g/mol. The summed E-state index contributed by atoms with van der Waals surface area (Å²) in [5.41, 5.74) is 2.74. The van der Waals surface area contributed by atoms with Crippen molar-refractivity contribution in [3.63, 3.8) is 0 Å². The quantitative estimate of drug-likeness (QED) is 0.568. The van der Waals surface area contributed by atoms with Crippen LogP contribution < -0.4 is 10.3 Å². The maximum atomic E-state index is 14.0. The summed E-state index contributed by atoms with van der Waals surface area (Å²) in [5.74, 6) is -5.22. The number of hydrogen-bond donors (Lipinski definition) is 2. The number of carbonyl (C=O) groups excluding carboxylic acids is 2. The van der Waals surface area contributed by atoms with Crippen molar-refractivity contribution in [2.24, 2.45) is 11.0 Å². The molecule has 0 radical (unpaired) electrons. The van der Waals surface area contributed by atoms with Gasteiger partial charge in [-0.05, 0) is 49.6 Å². The smallest absolute Gasteiger partial charge is 0.273 e. The summed E-state index contributed by atoms with van der Waals surface area (Å²) in [4.78, 5) is 29.0. The molecule has 0 aliphatic carbocycles. The fourth-order valence-corrected chi connectivity index (χ4v) is 3.69. The van der Waals surface area contributed by atoms with Crippen LogP contribution in [0.15, 0.2) is 53.6 Å². The van der Waals surface area contributed by atoms with Gasteiger partial charge in [-0.25, -0.2) is 8.78 Å². The van der Waals surface area contributed by atoms with Crippen molar-refractivity contribution < 1.29 is 18.4 Å². The van der Waals surface area contributed by atoms with Crippen LogP contribution in [-0.2, 0) is 15.5 Å². The van der Waals surface area contributed by atoms with Crippen molar-refractivity contribution in [2.75, 3.05) is 10.3 Å². The molecule has 2 aromatic carbocycles. The van der Waals surface area contributed by atoms with E-state index in [9.17, 15) is 18.4 Å². The molecule has 0 bridgehead atoms. The minimum absolute atomic E-state index is 0.188. The predicted molar refractivity (Wildman–Crippen MR) is 116 cm³/mol. The molecule has 2 N–H and O–H groups in total. The molecule has 1 unspecified atom stereocenters. The van der Waals surface area contributed by atoms with Crippen molar-refractivity contribution in [3.8, 4) is 0 Å². The number of amides is 2. The minimum Gasteiger partial charge on any atom is -0.359 e. The predicted octanol–water partition coefficient (Wildman–Crippen LogP) is 4.96. The Morgan fingerprint density at radius 3 is 2.71 bits per heavy atom. The minimum atomic E-state index is -2.99. The van der Waals surface area contributed by atoms with Crippen LogP contribution in [0.5, 0.6) is 0 Å². The monoisotopic (exact) mass is 424 g/mol. The van der Waals surface area contributed by atoms with E-state index >= 15 is 0 Å². The highest BCUT2D eigenvalue weighted by Gasteiger charge is 2.40. The molecule has 3 aromatic rings. The molecule has 160 valence electrons. The van der Waals surface area contributed by atoms with Crippen LogP contribution in [0.3, 0.4) is 0 Å². The summed E-state index contributed by atoms with van der Waals surface area (Å²) >= 11 is 0. The van der Waals surface area contributed by atoms with E-state index in [2.05, 4.69) is 15.4 Å². The SMILES string of the molecule is CCC(F)(F)c1cccc(NC(=O)C2C(=O)N(c3ccc4cc(C)[nH]c4c3)N=C2C)c1. The Balaban J connectivity index is 1.55. The molecular formula is C23H22F2N4O2. The Morgan fingerprint density at radius 2 is 1.97 bits per heavy atom. The number of hydrazone groups is 1. The molecule has 31 heavy (non-hydrogen) atoms. The first kappa shape index (κ1) is 20.7. The van der Waals surface area contributed by atoms with Crippen LogP contribution in [0.2, 0.25) is 0 Å². The Hall–Kier alpha value is -3.55. The lowest BCUT2D eigenvalue weighted by Crippen LogP contribution is -2.36. The normalized spacial score (nSPS) is 16.7. The van der Waals surface area contributed by atoms with Gasteiger partial charge in [-0.15, -0.1) is 0 Å². The largest absolute Gasteiger partial charge is 0.359 e. The second-order valence-electron chi connectivity index (χ2n) is 7.68. The molecular weight excluding hydrogens is 402 g/mol. The second kappa shape index (κ2) is 7.61. The van der Waals surface area contributed by atoms with Crippen molar-refractivity contribution >= 4 is 39.8 Å². The molecule has 2 heterocycles. The molecule has 1 aliphatic heterocycles. The highest BCUT2D eigenvalue weighted by atomic mass is 19.3. The number of aryl methyl sites for hydroxylation is 1. The molecule has 1 atom stereocenters. The van der Waals surface area contributed by atoms with E-state index in [1.54, 1.807) is 19.1 Å². The molecule has 1 aromatic heterocycles. The molecule has 0 spiro atoms. The molecule has 0 saturated heterocycles. The lowest BCUT2D eigenvalue weighted by molar-refractivity contribution is -0.127. The third-order valence-corrected chi connectivity index (χ3v) is 5.38. The molecule has 6 nitrogen and oxygen atoms in total. The molecule has 0 fully saturated rings. The number of H-pyrrole nitrogens is 1. The Labute approximate surface area is 177 Å². The first-order valence-corrected chi connectivity index (χ1v) is 9.97. The van der Waals surface area contributed by atoms with Gasteiger partial charge in [0.1, 0.15) is 0 Å². The van der Waals surface area contributed by atoms with E-state index in [4.69, 9.17) is 0 Å². The number of halogens is 2. The first-order valence-electron chi connectivity index (χ1n) is 9.97. The van der Waals surface area contributed by atoms with Gasteiger partial charge >= 0.3 is 0 Å². The van der Waals surface area contributed by atoms with Crippen molar-refractivity contribution in [1.29, 1.82) is 0 Å².